The van der Waals surface area contributed by atoms with Gasteiger partial charge in [0.25, 0.3) is 0 Å². The molecule has 0 bridgehead atoms. The minimum atomic E-state index is -0.232. The number of benzene rings is 1. The SMILES string of the molecule is CC(C)N1CCN(c2ccc(Nc3ncc4c(n3)N(C3CCCC3)CC4[C@@H]3CCNC3=O)cc2F)CC1. The molecule has 4 aliphatic rings. The second kappa shape index (κ2) is 10.1. The van der Waals surface area contributed by atoms with E-state index >= 15 is 4.39 Å². The predicted molar refractivity (Wildman–Crippen MR) is 144 cm³/mol. The quantitative estimate of drug-likeness (QED) is 0.615. The molecule has 1 aromatic carbocycles. The number of nitrogens with one attached hydrogen (secondary N) is 2. The lowest BCUT2D eigenvalue weighted by atomic mass is 9.88. The summed E-state index contributed by atoms with van der Waals surface area (Å²) < 4.78 is 15.2. The van der Waals surface area contributed by atoms with Crippen molar-refractivity contribution < 1.29 is 9.18 Å². The van der Waals surface area contributed by atoms with Gasteiger partial charge in [-0.05, 0) is 51.3 Å². The molecule has 1 amide bonds. The molecular formula is C28H38FN7O. The first-order valence-electron chi connectivity index (χ1n) is 13.9. The molecule has 3 aliphatic heterocycles. The maximum atomic E-state index is 15.2. The zero-order valence-corrected chi connectivity index (χ0v) is 21.9. The Bertz CT molecular complexity index is 1140. The Kier molecular flexibility index (Phi) is 6.65. The van der Waals surface area contributed by atoms with Gasteiger partial charge < -0.3 is 20.4 Å². The highest BCUT2D eigenvalue weighted by Crippen LogP contribution is 2.44. The van der Waals surface area contributed by atoms with E-state index in [2.05, 4.69) is 44.2 Å². The van der Waals surface area contributed by atoms with E-state index in [1.165, 1.54) is 12.8 Å². The first-order valence-corrected chi connectivity index (χ1v) is 13.9. The van der Waals surface area contributed by atoms with Crippen LogP contribution in [0.2, 0.25) is 0 Å². The van der Waals surface area contributed by atoms with Crippen molar-refractivity contribution in [3.63, 3.8) is 0 Å². The van der Waals surface area contributed by atoms with E-state index in [1.54, 1.807) is 6.07 Å². The number of fused-ring (bicyclic) bond motifs is 1. The second-order valence-corrected chi connectivity index (χ2v) is 11.3. The highest BCUT2D eigenvalue weighted by Gasteiger charge is 2.43. The topological polar surface area (TPSA) is 76.6 Å². The van der Waals surface area contributed by atoms with Crippen LogP contribution in [0, 0.1) is 11.7 Å². The number of anilines is 4. The lowest BCUT2D eigenvalue weighted by Gasteiger charge is -2.38. The van der Waals surface area contributed by atoms with Gasteiger partial charge in [0.2, 0.25) is 11.9 Å². The Morgan fingerprint density at radius 3 is 2.54 bits per heavy atom. The number of carbonyl (C=O) groups is 1. The monoisotopic (exact) mass is 507 g/mol. The van der Waals surface area contributed by atoms with E-state index < -0.39 is 0 Å². The number of halogens is 1. The number of nitrogens with zero attached hydrogens (tertiary/aromatic N) is 5. The van der Waals surface area contributed by atoms with Gasteiger partial charge in [0.1, 0.15) is 11.6 Å². The van der Waals surface area contributed by atoms with Crippen LogP contribution >= 0.6 is 0 Å². The van der Waals surface area contributed by atoms with Crippen molar-refractivity contribution in [3.05, 3.63) is 35.8 Å². The van der Waals surface area contributed by atoms with Gasteiger partial charge in [-0.1, -0.05) is 12.8 Å². The summed E-state index contributed by atoms with van der Waals surface area (Å²) in [7, 11) is 0. The van der Waals surface area contributed by atoms with Crippen LogP contribution < -0.4 is 20.4 Å². The third kappa shape index (κ3) is 4.74. The summed E-state index contributed by atoms with van der Waals surface area (Å²) in [5.41, 5.74) is 2.36. The summed E-state index contributed by atoms with van der Waals surface area (Å²) in [6, 6.07) is 6.28. The number of hydrogen-bond donors (Lipinski definition) is 2. The van der Waals surface area contributed by atoms with Crippen LogP contribution in [0.4, 0.5) is 27.5 Å². The summed E-state index contributed by atoms with van der Waals surface area (Å²) in [5, 5.41) is 6.23. The van der Waals surface area contributed by atoms with Crippen LogP contribution in [-0.2, 0) is 4.79 Å². The Labute approximate surface area is 218 Å². The van der Waals surface area contributed by atoms with Crippen molar-refractivity contribution in [3.8, 4) is 0 Å². The van der Waals surface area contributed by atoms with Crippen molar-refractivity contribution in [1.82, 2.24) is 20.2 Å². The third-order valence-electron chi connectivity index (χ3n) is 8.79. The smallest absolute Gasteiger partial charge is 0.229 e. The van der Waals surface area contributed by atoms with E-state index in [0.29, 0.717) is 29.4 Å². The summed E-state index contributed by atoms with van der Waals surface area (Å²) in [6.45, 7) is 9.52. The van der Waals surface area contributed by atoms with Crippen molar-refractivity contribution in [1.29, 1.82) is 0 Å². The number of aromatic nitrogens is 2. The van der Waals surface area contributed by atoms with Crippen LogP contribution in [0.3, 0.4) is 0 Å². The Balaban J connectivity index is 1.20. The van der Waals surface area contributed by atoms with Crippen LogP contribution in [0.5, 0.6) is 0 Å². The molecule has 4 heterocycles. The van der Waals surface area contributed by atoms with E-state index in [1.807, 2.05) is 18.3 Å². The largest absolute Gasteiger partial charge is 0.367 e. The Hall–Kier alpha value is -2.94. The van der Waals surface area contributed by atoms with E-state index in [-0.39, 0.29) is 23.6 Å². The number of rotatable bonds is 6. The molecular weight excluding hydrogens is 469 g/mol. The lowest BCUT2D eigenvalue weighted by molar-refractivity contribution is -0.122. The summed E-state index contributed by atoms with van der Waals surface area (Å²) >= 11 is 0. The van der Waals surface area contributed by atoms with Crippen LogP contribution in [0.15, 0.2) is 24.4 Å². The highest BCUT2D eigenvalue weighted by atomic mass is 19.1. The molecule has 2 aromatic rings. The maximum absolute atomic E-state index is 15.2. The molecule has 3 fully saturated rings. The molecule has 198 valence electrons. The zero-order valence-electron chi connectivity index (χ0n) is 21.9. The van der Waals surface area contributed by atoms with Gasteiger partial charge in [0.15, 0.2) is 0 Å². The average Bonchev–Trinajstić information content (AvgIpc) is 3.64. The molecule has 2 saturated heterocycles. The van der Waals surface area contributed by atoms with Crippen molar-refractivity contribution in [2.24, 2.45) is 5.92 Å². The van der Waals surface area contributed by atoms with E-state index in [9.17, 15) is 4.79 Å². The van der Waals surface area contributed by atoms with Gasteiger partial charge in [-0.25, -0.2) is 9.37 Å². The number of hydrogen-bond acceptors (Lipinski definition) is 7. The Morgan fingerprint density at radius 1 is 1.08 bits per heavy atom. The maximum Gasteiger partial charge on any atom is 0.229 e. The molecule has 1 aromatic heterocycles. The standard InChI is InChI=1S/C28H38FN7O/c1-18(2)34-11-13-35(14-12-34)25-8-7-19(15-24(25)29)32-28-31-16-22-23(21-9-10-30-27(21)37)17-36(26(22)33-28)20-5-3-4-6-20/h7-8,15-16,18,20-21,23H,3-6,9-14,17H2,1-2H3,(H,30,37)(H,31,32,33)/t21-,23?/m0/s1. The first-order chi connectivity index (χ1) is 18.0. The van der Waals surface area contributed by atoms with Gasteiger partial charge in [0.05, 0.1) is 5.69 Å². The van der Waals surface area contributed by atoms with E-state index in [0.717, 1.165) is 69.9 Å². The van der Waals surface area contributed by atoms with Crippen molar-refractivity contribution in [2.45, 2.75) is 64.0 Å². The molecule has 8 nitrogen and oxygen atoms in total. The van der Waals surface area contributed by atoms with Gasteiger partial charge in [-0.2, -0.15) is 4.98 Å². The zero-order chi connectivity index (χ0) is 25.5. The normalized spacial score (nSPS) is 24.7. The molecule has 9 heteroatoms. The minimum absolute atomic E-state index is 0.0170. The highest BCUT2D eigenvalue weighted by molar-refractivity contribution is 5.82. The fourth-order valence-electron chi connectivity index (χ4n) is 6.66. The van der Waals surface area contributed by atoms with Gasteiger partial charge in [0, 0.05) is 80.6 Å². The van der Waals surface area contributed by atoms with Crippen LogP contribution in [0.1, 0.15) is 57.4 Å². The Morgan fingerprint density at radius 2 is 1.86 bits per heavy atom. The fourth-order valence-corrected chi connectivity index (χ4v) is 6.66. The van der Waals surface area contributed by atoms with Crippen molar-refractivity contribution in [2.75, 3.05) is 54.4 Å². The average molecular weight is 508 g/mol. The molecule has 2 N–H and O–H groups in total. The van der Waals surface area contributed by atoms with Crippen LogP contribution in [-0.4, -0.2) is 72.1 Å². The molecule has 0 radical (unpaired) electrons. The molecule has 1 unspecified atom stereocenters. The predicted octanol–water partition coefficient (Wildman–Crippen LogP) is 3.87. The molecule has 37 heavy (non-hydrogen) atoms. The van der Waals surface area contributed by atoms with Gasteiger partial charge in [-0.3, -0.25) is 9.69 Å². The van der Waals surface area contributed by atoms with Gasteiger partial charge >= 0.3 is 0 Å². The first kappa shape index (κ1) is 24.4. The summed E-state index contributed by atoms with van der Waals surface area (Å²) in [6.07, 6.45) is 7.54. The van der Waals surface area contributed by atoms with E-state index in [4.69, 9.17) is 4.98 Å². The summed E-state index contributed by atoms with van der Waals surface area (Å²) in [5.74, 6) is 1.43. The minimum Gasteiger partial charge on any atom is -0.367 e. The molecule has 1 aliphatic carbocycles. The van der Waals surface area contributed by atoms with Crippen LogP contribution in [0.25, 0.3) is 0 Å². The van der Waals surface area contributed by atoms with Crippen molar-refractivity contribution >= 4 is 29.0 Å². The summed E-state index contributed by atoms with van der Waals surface area (Å²) in [4.78, 5) is 29.0. The number of piperazine rings is 1. The molecule has 2 atom stereocenters. The molecule has 0 spiro atoms. The fraction of sp³-hybridized carbons (Fsp3) is 0.607. The number of carbonyl (C=O) groups excluding carboxylic acids is 1. The lowest BCUT2D eigenvalue weighted by Crippen LogP contribution is -2.49. The molecule has 1 saturated carbocycles. The van der Waals surface area contributed by atoms with Gasteiger partial charge in [-0.15, -0.1) is 0 Å². The molecule has 6 rings (SSSR count). The third-order valence-corrected chi connectivity index (χ3v) is 8.79. The number of amides is 1. The second-order valence-electron chi connectivity index (χ2n) is 11.3.